The van der Waals surface area contributed by atoms with Gasteiger partial charge in [-0.2, -0.15) is 4.68 Å². The van der Waals surface area contributed by atoms with E-state index in [-0.39, 0.29) is 17.7 Å². The molecular weight excluding hydrogens is 268 g/mol. The van der Waals surface area contributed by atoms with Crippen LogP contribution in [0.25, 0.3) is 0 Å². The first kappa shape index (κ1) is 15.5. The van der Waals surface area contributed by atoms with Gasteiger partial charge < -0.3 is 10.0 Å². The Morgan fingerprint density at radius 2 is 2.11 bits per heavy atom. The number of rotatable bonds is 5. The van der Waals surface area contributed by atoms with Gasteiger partial charge >= 0.3 is 12.0 Å². The average Bonchev–Trinajstić information content (AvgIpc) is 2.78. The first-order valence-corrected chi connectivity index (χ1v) is 6.88. The van der Waals surface area contributed by atoms with Gasteiger partial charge in [0.05, 0.1) is 5.75 Å². The minimum Gasteiger partial charge on any atom is -0.481 e. The fourth-order valence-electron chi connectivity index (χ4n) is 1.24. The molecule has 0 aliphatic heterocycles. The highest BCUT2D eigenvalue weighted by Crippen LogP contribution is 2.21. The number of carbonyl (C=O) groups is 2. The zero-order chi connectivity index (χ0) is 14.6. The van der Waals surface area contributed by atoms with Crippen molar-refractivity contribution >= 4 is 23.8 Å². The highest BCUT2D eigenvalue weighted by Gasteiger charge is 2.20. The predicted molar refractivity (Wildman–Crippen MR) is 71.6 cm³/mol. The van der Waals surface area contributed by atoms with E-state index in [1.807, 2.05) is 13.8 Å². The lowest BCUT2D eigenvalue weighted by Crippen LogP contribution is -2.29. The second kappa shape index (κ2) is 6.55. The van der Waals surface area contributed by atoms with Crippen molar-refractivity contribution in [3.8, 4) is 0 Å². The molecule has 0 spiro atoms. The number of thioether (sulfide) groups is 1. The van der Waals surface area contributed by atoms with Gasteiger partial charge in [0.2, 0.25) is 0 Å². The third kappa shape index (κ3) is 3.95. The van der Waals surface area contributed by atoms with Gasteiger partial charge in [-0.15, -0.1) is 5.10 Å². The Kier molecular flexibility index (Phi) is 5.34. The summed E-state index contributed by atoms with van der Waals surface area (Å²) in [5, 5.41) is 13.2. The van der Waals surface area contributed by atoms with Crippen molar-refractivity contribution in [1.82, 2.24) is 19.7 Å². The molecule has 0 fully saturated rings. The van der Waals surface area contributed by atoms with Crippen molar-refractivity contribution in [2.45, 2.75) is 31.3 Å². The number of carboxylic acids is 1. The fraction of sp³-hybridized carbons (Fsp3) is 0.636. The molecule has 0 saturated carbocycles. The first-order valence-electron chi connectivity index (χ1n) is 5.90. The third-order valence-corrected chi connectivity index (χ3v) is 3.45. The smallest absolute Gasteiger partial charge is 0.346 e. The van der Waals surface area contributed by atoms with E-state index < -0.39 is 5.97 Å². The summed E-state index contributed by atoms with van der Waals surface area (Å²) in [7, 11) is 3.22. The minimum absolute atomic E-state index is 0.125. The fourth-order valence-corrected chi connectivity index (χ4v) is 1.89. The molecule has 7 nitrogen and oxygen atoms in total. The second-order valence-corrected chi connectivity index (χ2v) is 5.28. The van der Waals surface area contributed by atoms with Gasteiger partial charge in [-0.1, -0.05) is 25.6 Å². The molecule has 0 aromatic carbocycles. The molecule has 0 saturated heterocycles. The first-order chi connectivity index (χ1) is 8.86. The zero-order valence-corrected chi connectivity index (χ0v) is 12.3. The molecule has 0 aliphatic carbocycles. The summed E-state index contributed by atoms with van der Waals surface area (Å²) in [6.45, 7) is 3.97. The molecule has 1 N–H and O–H groups in total. The maximum Gasteiger partial charge on any atom is 0.346 e. The summed E-state index contributed by atoms with van der Waals surface area (Å²) in [4.78, 5) is 28.2. The molecular formula is C11H18N4O3S. The van der Waals surface area contributed by atoms with E-state index in [2.05, 4.69) is 10.1 Å². The van der Waals surface area contributed by atoms with Gasteiger partial charge in [0.15, 0.2) is 11.0 Å². The summed E-state index contributed by atoms with van der Waals surface area (Å²) in [6.07, 6.45) is 0.850. The van der Waals surface area contributed by atoms with Gasteiger partial charge in [0.25, 0.3) is 0 Å². The van der Waals surface area contributed by atoms with E-state index in [0.29, 0.717) is 11.0 Å². The van der Waals surface area contributed by atoms with Crippen LogP contribution in [0.2, 0.25) is 0 Å². The van der Waals surface area contributed by atoms with E-state index in [0.717, 1.165) is 22.9 Å². The molecule has 1 amide bonds. The number of carbonyl (C=O) groups excluding carboxylic acids is 1. The van der Waals surface area contributed by atoms with Crippen molar-refractivity contribution in [2.75, 3.05) is 19.8 Å². The summed E-state index contributed by atoms with van der Waals surface area (Å²) in [6, 6.07) is -0.338. The molecule has 106 valence electrons. The SMILES string of the molecule is CCC(C)c1nc(SCC(=O)O)n(C(=O)N(C)C)n1. The Labute approximate surface area is 116 Å². The number of nitrogens with zero attached hydrogens (tertiary/aromatic N) is 4. The standard InChI is InChI=1S/C11H18N4O3S/c1-5-7(2)9-12-10(19-6-8(16)17)15(13-9)11(18)14(3)4/h7H,5-6H2,1-4H3,(H,16,17). The Hall–Kier alpha value is -1.57. The number of carboxylic acid groups (broad SMARTS) is 1. The van der Waals surface area contributed by atoms with Crippen molar-refractivity contribution in [3.05, 3.63) is 5.82 Å². The van der Waals surface area contributed by atoms with Crippen molar-refractivity contribution < 1.29 is 14.7 Å². The maximum absolute atomic E-state index is 12.0. The average molecular weight is 286 g/mol. The summed E-state index contributed by atoms with van der Waals surface area (Å²) in [5.74, 6) is -0.424. The minimum atomic E-state index is -0.957. The number of amides is 1. The van der Waals surface area contributed by atoms with Crippen molar-refractivity contribution in [1.29, 1.82) is 0 Å². The largest absolute Gasteiger partial charge is 0.481 e. The highest BCUT2D eigenvalue weighted by atomic mass is 32.2. The van der Waals surface area contributed by atoms with Crippen LogP contribution < -0.4 is 0 Å². The Morgan fingerprint density at radius 1 is 1.47 bits per heavy atom. The summed E-state index contributed by atoms with van der Waals surface area (Å²) in [5.41, 5.74) is 0. The van der Waals surface area contributed by atoms with Gasteiger partial charge in [-0.05, 0) is 6.42 Å². The van der Waals surface area contributed by atoms with Crippen LogP contribution in [0.5, 0.6) is 0 Å². The van der Waals surface area contributed by atoms with E-state index in [4.69, 9.17) is 5.11 Å². The number of aromatic nitrogens is 3. The van der Waals surface area contributed by atoms with Crippen LogP contribution in [0, 0.1) is 0 Å². The molecule has 1 heterocycles. The van der Waals surface area contributed by atoms with Crippen LogP contribution in [-0.4, -0.2) is 56.6 Å². The van der Waals surface area contributed by atoms with E-state index in [1.165, 1.54) is 4.90 Å². The number of hydrogen-bond donors (Lipinski definition) is 1. The summed E-state index contributed by atoms with van der Waals surface area (Å²) < 4.78 is 1.16. The molecule has 0 bridgehead atoms. The maximum atomic E-state index is 12.0. The molecule has 1 unspecified atom stereocenters. The van der Waals surface area contributed by atoms with E-state index in [9.17, 15) is 9.59 Å². The van der Waals surface area contributed by atoms with Gasteiger partial charge in [0, 0.05) is 20.0 Å². The van der Waals surface area contributed by atoms with Crippen LogP contribution in [0.15, 0.2) is 5.16 Å². The molecule has 1 rings (SSSR count). The molecule has 0 radical (unpaired) electrons. The molecule has 1 atom stereocenters. The van der Waals surface area contributed by atoms with E-state index in [1.54, 1.807) is 14.1 Å². The molecule has 8 heteroatoms. The lowest BCUT2D eigenvalue weighted by atomic mass is 10.1. The molecule has 1 aromatic heterocycles. The number of hydrogen-bond acceptors (Lipinski definition) is 5. The Morgan fingerprint density at radius 3 is 2.58 bits per heavy atom. The second-order valence-electron chi connectivity index (χ2n) is 4.33. The quantitative estimate of drug-likeness (QED) is 0.825. The lowest BCUT2D eigenvalue weighted by molar-refractivity contribution is -0.133. The normalized spacial score (nSPS) is 12.2. The highest BCUT2D eigenvalue weighted by molar-refractivity contribution is 7.99. The molecule has 1 aromatic rings. The Bertz CT molecular complexity index is 473. The molecule has 19 heavy (non-hydrogen) atoms. The topological polar surface area (TPSA) is 88.3 Å². The van der Waals surface area contributed by atoms with Crippen LogP contribution in [0.3, 0.4) is 0 Å². The summed E-state index contributed by atoms with van der Waals surface area (Å²) >= 11 is 0.992. The van der Waals surface area contributed by atoms with Crippen molar-refractivity contribution in [2.24, 2.45) is 0 Å². The van der Waals surface area contributed by atoms with E-state index >= 15 is 0 Å². The monoisotopic (exact) mass is 286 g/mol. The van der Waals surface area contributed by atoms with Gasteiger partial charge in [0.1, 0.15) is 0 Å². The van der Waals surface area contributed by atoms with Crippen LogP contribution >= 0.6 is 11.8 Å². The van der Waals surface area contributed by atoms with Gasteiger partial charge in [-0.25, -0.2) is 9.78 Å². The van der Waals surface area contributed by atoms with Crippen LogP contribution in [0.4, 0.5) is 4.79 Å². The third-order valence-electron chi connectivity index (χ3n) is 2.54. The Balaban J connectivity index is 3.06. The zero-order valence-electron chi connectivity index (χ0n) is 11.5. The molecule has 0 aliphatic rings. The van der Waals surface area contributed by atoms with Crippen molar-refractivity contribution in [3.63, 3.8) is 0 Å². The van der Waals surface area contributed by atoms with Crippen LogP contribution in [0.1, 0.15) is 32.0 Å². The predicted octanol–water partition coefficient (Wildman–Crippen LogP) is 1.50. The lowest BCUT2D eigenvalue weighted by Gasteiger charge is -2.10. The van der Waals surface area contributed by atoms with Gasteiger partial charge in [-0.3, -0.25) is 4.79 Å². The van der Waals surface area contributed by atoms with Crippen LogP contribution in [-0.2, 0) is 4.79 Å². The number of aliphatic carboxylic acids is 1.